The zero-order valence-electron chi connectivity index (χ0n) is 8.91. The van der Waals surface area contributed by atoms with E-state index in [1.54, 1.807) is 6.07 Å². The number of hydrogen-bond acceptors (Lipinski definition) is 2. The number of nitrogens with two attached hydrogens (primary N) is 1. The van der Waals surface area contributed by atoms with Gasteiger partial charge in [0.2, 0.25) is 0 Å². The van der Waals surface area contributed by atoms with Crippen LogP contribution >= 0.6 is 0 Å². The Bertz CT molecular complexity index is 371. The summed E-state index contributed by atoms with van der Waals surface area (Å²) in [5.74, 6) is 0.684. The molecule has 1 aromatic rings. The van der Waals surface area contributed by atoms with E-state index < -0.39 is 0 Å². The highest BCUT2D eigenvalue weighted by Crippen LogP contribution is 2.59. The van der Waals surface area contributed by atoms with Crippen LogP contribution in [0.3, 0.4) is 0 Å². The van der Waals surface area contributed by atoms with Crippen molar-refractivity contribution >= 4 is 0 Å². The Morgan fingerprint density at radius 3 is 2.43 bits per heavy atom. The van der Waals surface area contributed by atoms with Crippen LogP contribution in [0.5, 0.6) is 5.75 Å². The highest BCUT2D eigenvalue weighted by atomic mass is 16.3. The van der Waals surface area contributed by atoms with E-state index in [0.717, 1.165) is 5.56 Å². The van der Waals surface area contributed by atoms with Gasteiger partial charge in [-0.3, -0.25) is 0 Å². The summed E-state index contributed by atoms with van der Waals surface area (Å²) in [6, 6.07) is 5.88. The molecule has 1 aliphatic carbocycles. The van der Waals surface area contributed by atoms with E-state index in [1.807, 2.05) is 19.1 Å². The van der Waals surface area contributed by atoms with Crippen molar-refractivity contribution < 1.29 is 5.11 Å². The molecule has 76 valence electrons. The molecular formula is C12H17NO. The van der Waals surface area contributed by atoms with Gasteiger partial charge in [-0.05, 0) is 24.0 Å². The summed E-state index contributed by atoms with van der Waals surface area (Å²) in [6.45, 7) is 6.32. The van der Waals surface area contributed by atoms with E-state index in [4.69, 9.17) is 5.73 Å². The second-order valence-corrected chi connectivity index (χ2v) is 4.89. The van der Waals surface area contributed by atoms with Gasteiger partial charge in [0.15, 0.2) is 0 Å². The summed E-state index contributed by atoms with van der Waals surface area (Å²) in [4.78, 5) is 0. The molecule has 1 aliphatic rings. The van der Waals surface area contributed by atoms with E-state index in [0.29, 0.717) is 11.7 Å². The smallest absolute Gasteiger partial charge is 0.119 e. The van der Waals surface area contributed by atoms with E-state index in [-0.39, 0.29) is 11.5 Å². The van der Waals surface area contributed by atoms with Crippen LogP contribution in [0.15, 0.2) is 18.2 Å². The third-order valence-corrected chi connectivity index (χ3v) is 3.43. The number of phenolic OH excluding ortho intramolecular Hbond substituents is 1. The van der Waals surface area contributed by atoms with Crippen LogP contribution < -0.4 is 5.73 Å². The summed E-state index contributed by atoms with van der Waals surface area (Å²) in [7, 11) is 0. The van der Waals surface area contributed by atoms with Crippen molar-refractivity contribution in [1.29, 1.82) is 0 Å². The fourth-order valence-corrected chi connectivity index (χ4v) is 2.19. The molecule has 0 amide bonds. The molecule has 0 saturated heterocycles. The molecule has 2 heteroatoms. The maximum absolute atomic E-state index is 9.74. The predicted molar refractivity (Wildman–Crippen MR) is 57.3 cm³/mol. The molecule has 14 heavy (non-hydrogen) atoms. The highest BCUT2D eigenvalue weighted by Gasteiger charge is 2.56. The van der Waals surface area contributed by atoms with Crippen LogP contribution in [0.25, 0.3) is 0 Å². The van der Waals surface area contributed by atoms with Crippen molar-refractivity contribution in [2.75, 3.05) is 0 Å². The molecular weight excluding hydrogens is 174 g/mol. The van der Waals surface area contributed by atoms with Gasteiger partial charge in [-0.25, -0.2) is 0 Å². The second-order valence-electron chi connectivity index (χ2n) is 4.89. The van der Waals surface area contributed by atoms with Gasteiger partial charge in [-0.2, -0.15) is 0 Å². The van der Waals surface area contributed by atoms with Crippen molar-refractivity contribution in [2.45, 2.75) is 32.7 Å². The van der Waals surface area contributed by atoms with Crippen LogP contribution in [0.1, 0.15) is 30.9 Å². The van der Waals surface area contributed by atoms with Crippen molar-refractivity contribution in [2.24, 2.45) is 11.1 Å². The first-order chi connectivity index (χ1) is 6.44. The van der Waals surface area contributed by atoms with Crippen molar-refractivity contribution in [1.82, 2.24) is 0 Å². The van der Waals surface area contributed by atoms with Gasteiger partial charge in [0.05, 0.1) is 0 Å². The lowest BCUT2D eigenvalue weighted by Crippen LogP contribution is -2.06. The first kappa shape index (κ1) is 9.53. The summed E-state index contributed by atoms with van der Waals surface area (Å²) in [6.07, 6.45) is 0. The monoisotopic (exact) mass is 191 g/mol. The molecule has 0 spiro atoms. The summed E-state index contributed by atoms with van der Waals surface area (Å²) in [5.41, 5.74) is 8.29. The van der Waals surface area contributed by atoms with Crippen molar-refractivity contribution in [3.8, 4) is 5.75 Å². The fourth-order valence-electron chi connectivity index (χ4n) is 2.19. The Morgan fingerprint density at radius 2 is 1.93 bits per heavy atom. The number of phenols is 1. The van der Waals surface area contributed by atoms with Gasteiger partial charge in [0.1, 0.15) is 5.75 Å². The summed E-state index contributed by atoms with van der Waals surface area (Å²) < 4.78 is 0. The second kappa shape index (κ2) is 2.74. The minimum atomic E-state index is 0.130. The molecule has 1 saturated carbocycles. The Morgan fingerprint density at radius 1 is 1.36 bits per heavy atom. The molecule has 0 bridgehead atoms. The molecule has 2 atom stereocenters. The average Bonchev–Trinajstić information content (AvgIpc) is 2.58. The lowest BCUT2D eigenvalue weighted by Gasteiger charge is -2.06. The third-order valence-electron chi connectivity index (χ3n) is 3.43. The molecule has 0 heterocycles. The first-order valence-corrected chi connectivity index (χ1v) is 4.99. The minimum Gasteiger partial charge on any atom is -0.508 e. The molecule has 2 unspecified atom stereocenters. The van der Waals surface area contributed by atoms with E-state index in [9.17, 15) is 5.11 Å². The zero-order valence-corrected chi connectivity index (χ0v) is 8.91. The van der Waals surface area contributed by atoms with Gasteiger partial charge >= 0.3 is 0 Å². The maximum atomic E-state index is 9.74. The molecule has 1 aromatic carbocycles. The maximum Gasteiger partial charge on any atom is 0.119 e. The largest absolute Gasteiger partial charge is 0.508 e. The lowest BCUT2D eigenvalue weighted by atomic mass is 10.0. The van der Waals surface area contributed by atoms with Gasteiger partial charge in [0.25, 0.3) is 0 Å². The molecule has 3 N–H and O–H groups in total. The number of hydrogen-bond donors (Lipinski definition) is 2. The van der Waals surface area contributed by atoms with Crippen LogP contribution in [-0.2, 0) is 0 Å². The fraction of sp³-hybridized carbons (Fsp3) is 0.500. The lowest BCUT2D eigenvalue weighted by molar-refractivity contribution is 0.464. The van der Waals surface area contributed by atoms with Gasteiger partial charge < -0.3 is 10.8 Å². The molecule has 0 aliphatic heterocycles. The van der Waals surface area contributed by atoms with Gasteiger partial charge in [-0.1, -0.05) is 31.5 Å². The van der Waals surface area contributed by atoms with Crippen molar-refractivity contribution in [3.05, 3.63) is 29.3 Å². The van der Waals surface area contributed by atoms with E-state index in [1.165, 1.54) is 5.56 Å². The third kappa shape index (κ3) is 1.22. The van der Waals surface area contributed by atoms with Gasteiger partial charge in [0, 0.05) is 12.0 Å². The SMILES string of the molecule is Cc1ccc(O)c(C2C(N)C2(C)C)c1. The Kier molecular flexibility index (Phi) is 1.86. The zero-order chi connectivity index (χ0) is 10.5. The highest BCUT2D eigenvalue weighted by molar-refractivity contribution is 5.45. The minimum absolute atomic E-state index is 0.130. The standard InChI is InChI=1S/C12H17NO/c1-7-4-5-9(14)8(6-7)10-11(13)12(10,2)3/h4-6,10-11,14H,13H2,1-3H3. The summed E-state index contributed by atoms with van der Waals surface area (Å²) in [5, 5.41) is 9.74. The van der Waals surface area contributed by atoms with Crippen LogP contribution in [0, 0.1) is 12.3 Å². The average molecular weight is 191 g/mol. The Labute approximate surface area is 84.7 Å². The van der Waals surface area contributed by atoms with Crippen LogP contribution in [0.4, 0.5) is 0 Å². The number of benzene rings is 1. The van der Waals surface area contributed by atoms with Gasteiger partial charge in [-0.15, -0.1) is 0 Å². The molecule has 1 fully saturated rings. The van der Waals surface area contributed by atoms with E-state index >= 15 is 0 Å². The molecule has 0 aromatic heterocycles. The van der Waals surface area contributed by atoms with Crippen molar-refractivity contribution in [3.63, 3.8) is 0 Å². The number of aromatic hydroxyl groups is 1. The molecule has 0 radical (unpaired) electrons. The normalized spacial score (nSPS) is 28.9. The Hall–Kier alpha value is -1.02. The number of rotatable bonds is 1. The summed E-state index contributed by atoms with van der Waals surface area (Å²) >= 11 is 0. The number of aryl methyl sites for hydroxylation is 1. The topological polar surface area (TPSA) is 46.2 Å². The van der Waals surface area contributed by atoms with E-state index in [2.05, 4.69) is 13.8 Å². The molecule has 2 rings (SSSR count). The van der Waals surface area contributed by atoms with Crippen LogP contribution in [0.2, 0.25) is 0 Å². The predicted octanol–water partition coefficient (Wildman–Crippen LogP) is 2.15. The Balaban J connectivity index is 2.39. The molecule has 2 nitrogen and oxygen atoms in total. The first-order valence-electron chi connectivity index (χ1n) is 4.99. The van der Waals surface area contributed by atoms with Crippen LogP contribution in [-0.4, -0.2) is 11.1 Å². The quantitative estimate of drug-likeness (QED) is 0.714.